The number of nitrogens with zero attached hydrogens (tertiary/aromatic N) is 2. The minimum Gasteiger partial charge on any atom is -0.368 e. The van der Waals surface area contributed by atoms with E-state index < -0.39 is 0 Å². The molecule has 0 spiro atoms. The van der Waals surface area contributed by atoms with Crippen LogP contribution in [-0.2, 0) is 0 Å². The average Bonchev–Trinajstić information content (AvgIpc) is 2.38. The van der Waals surface area contributed by atoms with Crippen molar-refractivity contribution in [2.45, 2.75) is 46.0 Å². The molecule has 0 atom stereocenters. The van der Waals surface area contributed by atoms with Crippen molar-refractivity contribution in [1.82, 2.24) is 4.98 Å². The summed E-state index contributed by atoms with van der Waals surface area (Å²) in [5.74, 6) is 0.740. The smallest absolute Gasteiger partial charge is 0.144 e. The molecule has 18 heavy (non-hydrogen) atoms. The molecule has 0 aromatic carbocycles. The van der Waals surface area contributed by atoms with Crippen LogP contribution < -0.4 is 5.32 Å². The molecule has 1 heterocycles. The first-order valence-corrected chi connectivity index (χ1v) is 6.75. The Morgan fingerprint density at radius 1 is 1.33 bits per heavy atom. The number of nitriles is 1. The summed E-state index contributed by atoms with van der Waals surface area (Å²) in [6, 6.07) is 5.92. The molecule has 0 amide bonds. The van der Waals surface area contributed by atoms with Gasteiger partial charge < -0.3 is 5.32 Å². The van der Waals surface area contributed by atoms with E-state index in [0.29, 0.717) is 11.0 Å². The Kier molecular flexibility index (Phi) is 3.86. The van der Waals surface area contributed by atoms with Crippen LogP contribution in [0.2, 0.25) is 0 Å². The molecule has 0 saturated heterocycles. The van der Waals surface area contributed by atoms with Crippen LogP contribution in [0.15, 0.2) is 12.1 Å². The van der Waals surface area contributed by atoms with Crippen molar-refractivity contribution in [3.05, 3.63) is 23.4 Å². The van der Waals surface area contributed by atoms with E-state index in [9.17, 15) is 0 Å². The highest BCUT2D eigenvalue weighted by atomic mass is 15.0. The van der Waals surface area contributed by atoms with Crippen molar-refractivity contribution in [3.8, 4) is 6.07 Å². The quantitative estimate of drug-likeness (QED) is 0.881. The van der Waals surface area contributed by atoms with Crippen LogP contribution >= 0.6 is 0 Å². The van der Waals surface area contributed by atoms with Crippen LogP contribution in [0.1, 0.15) is 50.3 Å². The van der Waals surface area contributed by atoms with E-state index in [0.717, 1.165) is 18.1 Å². The fourth-order valence-corrected chi connectivity index (χ4v) is 2.66. The van der Waals surface area contributed by atoms with Gasteiger partial charge in [-0.3, -0.25) is 0 Å². The minimum atomic E-state index is 0.358. The Morgan fingerprint density at radius 2 is 2.06 bits per heavy atom. The maximum absolute atomic E-state index is 9.08. The molecule has 0 radical (unpaired) electrons. The van der Waals surface area contributed by atoms with E-state index in [1.54, 1.807) is 0 Å². The number of anilines is 1. The largest absolute Gasteiger partial charge is 0.368 e. The van der Waals surface area contributed by atoms with Gasteiger partial charge in [0.25, 0.3) is 0 Å². The van der Waals surface area contributed by atoms with E-state index in [1.165, 1.54) is 32.1 Å². The molecule has 96 valence electrons. The molecule has 2 rings (SSSR count). The van der Waals surface area contributed by atoms with Crippen LogP contribution in [0.5, 0.6) is 0 Å². The monoisotopic (exact) mass is 243 g/mol. The van der Waals surface area contributed by atoms with E-state index >= 15 is 0 Å². The summed E-state index contributed by atoms with van der Waals surface area (Å²) in [6.45, 7) is 5.20. The first-order chi connectivity index (χ1) is 8.63. The molecule has 1 aromatic heterocycles. The molecule has 1 aliphatic carbocycles. The molecule has 0 aliphatic heterocycles. The average molecular weight is 243 g/mol. The molecule has 1 fully saturated rings. The molecule has 1 N–H and O–H groups in total. The molecule has 1 aliphatic rings. The van der Waals surface area contributed by atoms with Gasteiger partial charge in [-0.25, -0.2) is 4.98 Å². The molecule has 0 unspecified atom stereocenters. The summed E-state index contributed by atoms with van der Waals surface area (Å²) >= 11 is 0. The van der Waals surface area contributed by atoms with Crippen molar-refractivity contribution in [2.75, 3.05) is 11.9 Å². The maximum atomic E-state index is 9.08. The van der Waals surface area contributed by atoms with Gasteiger partial charge in [-0.2, -0.15) is 5.26 Å². The summed E-state index contributed by atoms with van der Waals surface area (Å²) < 4.78 is 0. The second-order valence-electron chi connectivity index (χ2n) is 5.69. The predicted octanol–water partition coefficient (Wildman–Crippen LogP) is 3.64. The van der Waals surface area contributed by atoms with Crippen LogP contribution in [0.3, 0.4) is 0 Å². The maximum Gasteiger partial charge on any atom is 0.144 e. The lowest BCUT2D eigenvalue weighted by Crippen LogP contribution is -2.29. The highest BCUT2D eigenvalue weighted by molar-refractivity contribution is 5.52. The first kappa shape index (κ1) is 12.9. The lowest BCUT2D eigenvalue weighted by Gasteiger charge is -2.33. The molecule has 3 nitrogen and oxygen atoms in total. The molecule has 0 bridgehead atoms. The highest BCUT2D eigenvalue weighted by Gasteiger charge is 2.26. The van der Waals surface area contributed by atoms with E-state index in [2.05, 4.69) is 23.3 Å². The van der Waals surface area contributed by atoms with Crippen LogP contribution in [0, 0.1) is 23.7 Å². The zero-order chi connectivity index (χ0) is 13.0. The van der Waals surface area contributed by atoms with Gasteiger partial charge in [-0.1, -0.05) is 26.2 Å². The first-order valence-electron chi connectivity index (χ1n) is 6.75. The zero-order valence-corrected chi connectivity index (χ0v) is 11.3. The van der Waals surface area contributed by atoms with E-state index in [1.807, 2.05) is 19.1 Å². The summed E-state index contributed by atoms with van der Waals surface area (Å²) in [5.41, 5.74) is 1.95. The van der Waals surface area contributed by atoms with Crippen molar-refractivity contribution in [2.24, 2.45) is 5.41 Å². The number of aromatic nitrogens is 1. The Morgan fingerprint density at radius 3 is 2.72 bits per heavy atom. The molecular weight excluding hydrogens is 222 g/mol. The number of pyridine rings is 1. The predicted molar refractivity (Wildman–Crippen MR) is 73.4 cm³/mol. The lowest BCUT2D eigenvalue weighted by atomic mass is 9.76. The zero-order valence-electron chi connectivity index (χ0n) is 11.3. The van der Waals surface area contributed by atoms with Crippen LogP contribution in [0.4, 0.5) is 5.82 Å². The molecule has 1 saturated carbocycles. The fourth-order valence-electron chi connectivity index (χ4n) is 2.66. The summed E-state index contributed by atoms with van der Waals surface area (Å²) in [4.78, 5) is 4.43. The van der Waals surface area contributed by atoms with E-state index in [-0.39, 0.29) is 0 Å². The third-order valence-corrected chi connectivity index (χ3v) is 3.90. The van der Waals surface area contributed by atoms with Gasteiger partial charge >= 0.3 is 0 Å². The standard InChI is InChI=1S/C15H21N3/c1-12-6-7-13(10-16)14(18-12)17-11-15(2)8-4-3-5-9-15/h6-7H,3-5,8-9,11H2,1-2H3,(H,17,18). The van der Waals surface area contributed by atoms with Gasteiger partial charge in [-0.15, -0.1) is 0 Å². The Bertz CT molecular complexity index is 453. The molecule has 1 aromatic rings. The Hall–Kier alpha value is -1.56. The SMILES string of the molecule is Cc1ccc(C#N)c(NCC2(C)CCCCC2)n1. The van der Waals surface area contributed by atoms with E-state index in [4.69, 9.17) is 5.26 Å². The van der Waals surface area contributed by atoms with Gasteiger partial charge in [0.05, 0.1) is 5.56 Å². The Balaban J connectivity index is 2.05. The van der Waals surface area contributed by atoms with Crippen molar-refractivity contribution < 1.29 is 0 Å². The van der Waals surface area contributed by atoms with Crippen molar-refractivity contribution in [1.29, 1.82) is 5.26 Å². The highest BCUT2D eigenvalue weighted by Crippen LogP contribution is 2.35. The minimum absolute atomic E-state index is 0.358. The number of hydrogen-bond acceptors (Lipinski definition) is 3. The van der Waals surface area contributed by atoms with Gasteiger partial charge in [0.15, 0.2) is 0 Å². The topological polar surface area (TPSA) is 48.7 Å². The van der Waals surface area contributed by atoms with Gasteiger partial charge in [0.1, 0.15) is 11.9 Å². The van der Waals surface area contributed by atoms with Crippen molar-refractivity contribution >= 4 is 5.82 Å². The summed E-state index contributed by atoms with van der Waals surface area (Å²) in [5, 5.41) is 12.5. The van der Waals surface area contributed by atoms with Crippen molar-refractivity contribution in [3.63, 3.8) is 0 Å². The summed E-state index contributed by atoms with van der Waals surface area (Å²) in [6.07, 6.45) is 6.55. The normalized spacial score (nSPS) is 18.1. The van der Waals surface area contributed by atoms with Gasteiger partial charge in [0, 0.05) is 12.2 Å². The number of rotatable bonds is 3. The number of hydrogen-bond donors (Lipinski definition) is 1. The number of nitrogens with one attached hydrogen (secondary N) is 1. The second-order valence-corrected chi connectivity index (χ2v) is 5.69. The molecule has 3 heteroatoms. The van der Waals surface area contributed by atoms with Crippen LogP contribution in [-0.4, -0.2) is 11.5 Å². The summed E-state index contributed by atoms with van der Waals surface area (Å²) in [7, 11) is 0. The Labute approximate surface area is 109 Å². The number of aryl methyl sites for hydroxylation is 1. The second kappa shape index (κ2) is 5.39. The van der Waals surface area contributed by atoms with Gasteiger partial charge in [-0.05, 0) is 37.3 Å². The third-order valence-electron chi connectivity index (χ3n) is 3.90. The fraction of sp³-hybridized carbons (Fsp3) is 0.600. The van der Waals surface area contributed by atoms with Crippen LogP contribution in [0.25, 0.3) is 0 Å². The third kappa shape index (κ3) is 3.01. The molecular formula is C15H21N3. The van der Waals surface area contributed by atoms with Gasteiger partial charge in [0.2, 0.25) is 0 Å². The lowest BCUT2D eigenvalue weighted by molar-refractivity contribution is 0.233.